The van der Waals surface area contributed by atoms with Crippen molar-refractivity contribution in [2.24, 2.45) is 0 Å². The zero-order chi connectivity index (χ0) is 28.9. The first-order valence-electron chi connectivity index (χ1n) is 14.4. The number of piperazine rings is 1. The summed E-state index contributed by atoms with van der Waals surface area (Å²) in [4.78, 5) is 31.0. The highest BCUT2D eigenvalue weighted by Gasteiger charge is 2.46. The van der Waals surface area contributed by atoms with Gasteiger partial charge in [-0.15, -0.1) is 0 Å². The quantitative estimate of drug-likeness (QED) is 0.546. The summed E-state index contributed by atoms with van der Waals surface area (Å²) in [6, 6.07) is 0.465. The zero-order valence-corrected chi connectivity index (χ0v) is 25.4. The summed E-state index contributed by atoms with van der Waals surface area (Å²) in [6.07, 6.45) is 5.93. The number of likely N-dealkylation sites (N-methyl/N-ethyl adjacent to an activating group) is 1. The van der Waals surface area contributed by atoms with Gasteiger partial charge in [0.25, 0.3) is 0 Å². The van der Waals surface area contributed by atoms with Crippen molar-refractivity contribution in [2.45, 2.75) is 72.1 Å². The smallest absolute Gasteiger partial charge is 0.245 e. The lowest BCUT2D eigenvalue weighted by molar-refractivity contribution is -0.135. The summed E-state index contributed by atoms with van der Waals surface area (Å²) >= 11 is 7.23. The number of carbonyl (C=O) groups is 2. The number of benzene rings is 1. The van der Waals surface area contributed by atoms with Crippen LogP contribution in [0.15, 0.2) is 24.5 Å². The molecule has 2 fully saturated rings. The number of allylic oxidation sites excluding steroid dienone is 1. The lowest BCUT2D eigenvalue weighted by atomic mass is 9.92. The molecule has 0 spiro atoms. The average Bonchev–Trinajstić information content (AvgIpc) is 3.54. The first-order chi connectivity index (χ1) is 19.1. The Morgan fingerprint density at radius 1 is 1.12 bits per heavy atom. The highest BCUT2D eigenvalue weighted by Crippen LogP contribution is 2.46. The maximum absolute atomic E-state index is 12.3. The number of hydrogen-bond acceptors (Lipinski definition) is 6. The minimum atomic E-state index is -0.0513. The lowest BCUT2D eigenvalue weighted by Gasteiger charge is -2.48. The second kappa shape index (κ2) is 11.2. The number of piperidine rings is 1. The Bertz CT molecular complexity index is 1360. The first kappa shape index (κ1) is 28.6. The summed E-state index contributed by atoms with van der Waals surface area (Å²) in [5.74, 6) is 0.127. The van der Waals surface area contributed by atoms with Crippen LogP contribution in [0, 0.1) is 13.8 Å². The molecule has 1 N–H and O–H groups in total. The Morgan fingerprint density at radius 2 is 1.82 bits per heavy atom. The van der Waals surface area contributed by atoms with Crippen molar-refractivity contribution in [3.63, 3.8) is 0 Å². The molecular formula is C30H42ClN7O2. The second-order valence-corrected chi connectivity index (χ2v) is 11.8. The normalized spacial score (nSPS) is 23.5. The second-order valence-electron chi connectivity index (χ2n) is 11.4. The molecule has 2 saturated heterocycles. The van der Waals surface area contributed by atoms with E-state index in [0.717, 1.165) is 58.4 Å². The summed E-state index contributed by atoms with van der Waals surface area (Å²) < 4.78 is 0. The molecule has 0 bridgehead atoms. The maximum atomic E-state index is 12.3. The van der Waals surface area contributed by atoms with Crippen LogP contribution in [0.1, 0.15) is 56.7 Å². The topological polar surface area (TPSA) is 79.0 Å². The van der Waals surface area contributed by atoms with Crippen molar-refractivity contribution < 1.29 is 9.59 Å². The van der Waals surface area contributed by atoms with Crippen LogP contribution in [0.4, 0.5) is 0 Å². The Kier molecular flexibility index (Phi) is 8.01. The molecule has 3 aliphatic heterocycles. The third kappa shape index (κ3) is 4.62. The van der Waals surface area contributed by atoms with Gasteiger partial charge in [0, 0.05) is 81.0 Å². The van der Waals surface area contributed by atoms with Crippen molar-refractivity contribution in [1.82, 2.24) is 34.9 Å². The van der Waals surface area contributed by atoms with Gasteiger partial charge in [0.1, 0.15) is 6.17 Å². The predicted octanol–water partition coefficient (Wildman–Crippen LogP) is 4.17. The van der Waals surface area contributed by atoms with Crippen LogP contribution in [-0.4, -0.2) is 105 Å². The highest BCUT2D eigenvalue weighted by atomic mass is 35.5. The van der Waals surface area contributed by atoms with Gasteiger partial charge in [-0.3, -0.25) is 19.6 Å². The number of nitrogens with zero attached hydrogens (tertiary/aromatic N) is 6. The van der Waals surface area contributed by atoms with E-state index >= 15 is 0 Å². The van der Waals surface area contributed by atoms with E-state index in [4.69, 9.17) is 11.6 Å². The van der Waals surface area contributed by atoms with Crippen LogP contribution >= 0.6 is 11.6 Å². The summed E-state index contributed by atoms with van der Waals surface area (Å²) in [7, 11) is 2.17. The molecule has 40 heavy (non-hydrogen) atoms. The number of aromatic nitrogens is 2. The fourth-order valence-electron chi connectivity index (χ4n) is 7.06. The van der Waals surface area contributed by atoms with Crippen LogP contribution in [0.3, 0.4) is 0 Å². The number of aryl methyl sites for hydroxylation is 1. The monoisotopic (exact) mass is 567 g/mol. The van der Waals surface area contributed by atoms with Crippen molar-refractivity contribution in [2.75, 3.05) is 39.8 Å². The van der Waals surface area contributed by atoms with Gasteiger partial charge in [-0.05, 0) is 57.2 Å². The number of carbonyl (C=O) groups excluding carboxylic acids is 2. The van der Waals surface area contributed by atoms with Crippen molar-refractivity contribution in [1.29, 1.82) is 0 Å². The van der Waals surface area contributed by atoms with Gasteiger partial charge in [-0.1, -0.05) is 25.1 Å². The number of halogens is 1. The summed E-state index contributed by atoms with van der Waals surface area (Å²) in [6.45, 7) is 17.5. The standard InChI is InChI=1S/C30H42ClN7O2/c1-8-22-17-36(21(6)39)14-15-37(22)30-26(27-24-16-32-33-29(24)19(4)18(3)28(27)31)20(5)38(34(30)7)23-10-12-35(13-11-23)25(40)9-2/h9,16,22-23,30H,2,8,10-15,17H2,1,3-7H3,(H,32,33)/t22-,30?/m0/s1. The van der Waals surface area contributed by atoms with Gasteiger partial charge < -0.3 is 14.8 Å². The zero-order valence-electron chi connectivity index (χ0n) is 24.6. The molecule has 3 aliphatic rings. The van der Waals surface area contributed by atoms with Crippen LogP contribution in [0.5, 0.6) is 0 Å². The predicted molar refractivity (Wildman–Crippen MR) is 159 cm³/mol. The van der Waals surface area contributed by atoms with E-state index < -0.39 is 0 Å². The molecule has 216 valence electrons. The molecule has 4 heterocycles. The van der Waals surface area contributed by atoms with Gasteiger partial charge in [0.2, 0.25) is 11.8 Å². The number of hydrazine groups is 1. The number of rotatable bonds is 5. The fraction of sp³-hybridized carbons (Fsp3) is 0.567. The molecular weight excluding hydrogens is 526 g/mol. The fourth-order valence-corrected chi connectivity index (χ4v) is 7.40. The van der Waals surface area contributed by atoms with E-state index in [9.17, 15) is 9.59 Å². The molecule has 5 rings (SSSR count). The molecule has 1 aromatic heterocycles. The molecule has 0 radical (unpaired) electrons. The summed E-state index contributed by atoms with van der Waals surface area (Å²) in [5, 5.41) is 14.3. The number of H-pyrrole nitrogens is 1. The first-order valence-corrected chi connectivity index (χ1v) is 14.8. The van der Waals surface area contributed by atoms with Gasteiger partial charge in [-0.2, -0.15) is 5.10 Å². The Balaban J connectivity index is 1.62. The molecule has 9 nitrogen and oxygen atoms in total. The van der Waals surface area contributed by atoms with E-state index in [1.807, 2.05) is 16.0 Å². The summed E-state index contributed by atoms with van der Waals surface area (Å²) in [5.41, 5.74) is 6.59. The van der Waals surface area contributed by atoms with Crippen LogP contribution in [0.2, 0.25) is 5.02 Å². The van der Waals surface area contributed by atoms with E-state index in [-0.39, 0.29) is 30.1 Å². The van der Waals surface area contributed by atoms with E-state index in [2.05, 4.69) is 66.4 Å². The van der Waals surface area contributed by atoms with Gasteiger partial charge in [-0.25, -0.2) is 5.01 Å². The number of fused-ring (bicyclic) bond motifs is 1. The molecule has 0 saturated carbocycles. The highest BCUT2D eigenvalue weighted by molar-refractivity contribution is 6.34. The molecule has 10 heteroatoms. The van der Waals surface area contributed by atoms with Crippen molar-refractivity contribution >= 4 is 39.9 Å². The molecule has 1 aromatic carbocycles. The minimum absolute atomic E-state index is 0.00236. The number of amides is 2. The number of nitrogens with one attached hydrogen (secondary N) is 1. The van der Waals surface area contributed by atoms with Gasteiger partial charge in [0.15, 0.2) is 0 Å². The molecule has 2 amide bonds. The molecule has 1 unspecified atom stereocenters. The maximum Gasteiger partial charge on any atom is 0.245 e. The number of aromatic amines is 1. The Labute approximate surface area is 242 Å². The SMILES string of the molecule is C=CC(=O)N1CCC(N2C(C)=C(c3c(Cl)c(C)c(C)c4[nH]ncc34)C(N3CCN(C(C)=O)C[C@@H]3CC)N2C)CC1. The van der Waals surface area contributed by atoms with Crippen molar-refractivity contribution in [3.8, 4) is 0 Å². The third-order valence-electron chi connectivity index (χ3n) is 9.41. The number of hydrogen-bond donors (Lipinski definition) is 1. The molecule has 2 atom stereocenters. The van der Waals surface area contributed by atoms with Gasteiger partial charge >= 0.3 is 0 Å². The third-order valence-corrected chi connectivity index (χ3v) is 9.88. The van der Waals surface area contributed by atoms with E-state index in [0.29, 0.717) is 26.2 Å². The van der Waals surface area contributed by atoms with Crippen LogP contribution < -0.4 is 0 Å². The average molecular weight is 568 g/mol. The van der Waals surface area contributed by atoms with Crippen molar-refractivity contribution in [3.05, 3.63) is 46.3 Å². The van der Waals surface area contributed by atoms with Crippen LogP contribution in [-0.2, 0) is 9.59 Å². The number of likely N-dealkylation sites (tertiary alicyclic amines) is 1. The Hall–Kier alpha value is -2.88. The molecule has 2 aromatic rings. The largest absolute Gasteiger partial charge is 0.340 e. The van der Waals surface area contributed by atoms with E-state index in [1.165, 1.54) is 17.3 Å². The van der Waals surface area contributed by atoms with E-state index in [1.54, 1.807) is 6.92 Å². The van der Waals surface area contributed by atoms with Gasteiger partial charge in [0.05, 0.1) is 16.7 Å². The minimum Gasteiger partial charge on any atom is -0.340 e. The van der Waals surface area contributed by atoms with Crippen LogP contribution in [0.25, 0.3) is 16.5 Å². The Morgan fingerprint density at radius 3 is 2.45 bits per heavy atom. The molecule has 0 aliphatic carbocycles. The lowest BCUT2D eigenvalue weighted by Crippen LogP contribution is -2.62.